The number of carbonyl (C=O) groups excluding carboxylic acids is 1. The van der Waals surface area contributed by atoms with Gasteiger partial charge in [-0.15, -0.1) is 11.3 Å². The standard InChI is InChI=1S/C23H18N2OS/c1-16-24-22(15-27-16)19-11-13-21(14-12-19)25-23(26)20-9-7-18(8-10-20)17-5-3-2-4-6-17/h2-15H,1H3,(H,25,26). The van der Waals surface area contributed by atoms with Gasteiger partial charge in [0.05, 0.1) is 10.7 Å². The van der Waals surface area contributed by atoms with Crippen molar-refractivity contribution >= 4 is 22.9 Å². The van der Waals surface area contributed by atoms with E-state index < -0.39 is 0 Å². The highest BCUT2D eigenvalue weighted by Crippen LogP contribution is 2.24. The van der Waals surface area contributed by atoms with Gasteiger partial charge < -0.3 is 5.32 Å². The number of hydrogen-bond donors (Lipinski definition) is 1. The number of carbonyl (C=O) groups is 1. The highest BCUT2D eigenvalue weighted by molar-refractivity contribution is 7.09. The molecule has 4 heteroatoms. The Morgan fingerprint density at radius 1 is 0.815 bits per heavy atom. The molecule has 0 aliphatic rings. The lowest BCUT2D eigenvalue weighted by Crippen LogP contribution is -2.11. The Labute approximate surface area is 162 Å². The van der Waals surface area contributed by atoms with Crippen molar-refractivity contribution < 1.29 is 4.79 Å². The Morgan fingerprint density at radius 3 is 2.07 bits per heavy atom. The Morgan fingerprint density at radius 2 is 1.44 bits per heavy atom. The van der Waals surface area contributed by atoms with Gasteiger partial charge in [0.2, 0.25) is 0 Å². The summed E-state index contributed by atoms with van der Waals surface area (Å²) in [6.07, 6.45) is 0. The average molecular weight is 370 g/mol. The molecule has 0 bridgehead atoms. The summed E-state index contributed by atoms with van der Waals surface area (Å²) in [7, 11) is 0. The molecule has 0 saturated carbocycles. The number of hydrogen-bond acceptors (Lipinski definition) is 3. The third-order valence-corrected chi connectivity index (χ3v) is 5.09. The summed E-state index contributed by atoms with van der Waals surface area (Å²) in [5, 5.41) is 6.03. The van der Waals surface area contributed by atoms with Gasteiger partial charge in [-0.05, 0) is 42.3 Å². The summed E-state index contributed by atoms with van der Waals surface area (Å²) in [6.45, 7) is 1.99. The molecular formula is C23H18N2OS. The van der Waals surface area contributed by atoms with Crippen LogP contribution in [0.2, 0.25) is 0 Å². The fourth-order valence-corrected chi connectivity index (χ4v) is 3.49. The van der Waals surface area contributed by atoms with Crippen LogP contribution in [0.3, 0.4) is 0 Å². The smallest absolute Gasteiger partial charge is 0.255 e. The van der Waals surface area contributed by atoms with Gasteiger partial charge in [0.1, 0.15) is 0 Å². The van der Waals surface area contributed by atoms with Crippen LogP contribution in [0, 0.1) is 6.92 Å². The van der Waals surface area contributed by atoms with E-state index in [0.29, 0.717) is 5.56 Å². The quantitative estimate of drug-likeness (QED) is 0.476. The number of aromatic nitrogens is 1. The molecule has 0 fully saturated rings. The number of aryl methyl sites for hydroxylation is 1. The highest BCUT2D eigenvalue weighted by Gasteiger charge is 2.08. The predicted molar refractivity (Wildman–Crippen MR) is 112 cm³/mol. The zero-order valence-corrected chi connectivity index (χ0v) is 15.7. The maximum absolute atomic E-state index is 12.5. The third-order valence-electron chi connectivity index (χ3n) is 4.31. The molecule has 4 rings (SSSR count). The van der Waals surface area contributed by atoms with Gasteiger partial charge in [-0.25, -0.2) is 4.98 Å². The molecule has 3 nitrogen and oxygen atoms in total. The summed E-state index contributed by atoms with van der Waals surface area (Å²) >= 11 is 1.63. The van der Waals surface area contributed by atoms with E-state index in [2.05, 4.69) is 22.4 Å². The minimum absolute atomic E-state index is 0.119. The van der Waals surface area contributed by atoms with Crippen LogP contribution in [0.4, 0.5) is 5.69 Å². The monoisotopic (exact) mass is 370 g/mol. The first-order valence-corrected chi connectivity index (χ1v) is 9.56. The Hall–Kier alpha value is -3.24. The van der Waals surface area contributed by atoms with E-state index in [1.54, 1.807) is 11.3 Å². The van der Waals surface area contributed by atoms with Gasteiger partial charge >= 0.3 is 0 Å². The number of benzene rings is 3. The van der Waals surface area contributed by atoms with Crippen LogP contribution in [0.1, 0.15) is 15.4 Å². The molecule has 0 radical (unpaired) electrons. The molecule has 132 valence electrons. The second-order valence-electron chi connectivity index (χ2n) is 6.23. The van der Waals surface area contributed by atoms with Crippen LogP contribution < -0.4 is 5.32 Å². The van der Waals surface area contributed by atoms with Crippen LogP contribution in [-0.4, -0.2) is 10.9 Å². The summed E-state index contributed by atoms with van der Waals surface area (Å²) in [5.74, 6) is -0.119. The Balaban J connectivity index is 1.46. The molecule has 1 heterocycles. The molecule has 1 N–H and O–H groups in total. The number of thiazole rings is 1. The molecule has 0 unspecified atom stereocenters. The molecule has 1 amide bonds. The van der Waals surface area contributed by atoms with Crippen LogP contribution in [0.25, 0.3) is 22.4 Å². The van der Waals surface area contributed by atoms with E-state index >= 15 is 0 Å². The number of nitrogens with one attached hydrogen (secondary N) is 1. The van der Waals surface area contributed by atoms with Crippen molar-refractivity contribution in [3.05, 3.63) is 94.8 Å². The first-order chi connectivity index (χ1) is 13.2. The van der Waals surface area contributed by atoms with Gasteiger partial charge in [-0.3, -0.25) is 4.79 Å². The highest BCUT2D eigenvalue weighted by atomic mass is 32.1. The second kappa shape index (κ2) is 7.56. The summed E-state index contributed by atoms with van der Waals surface area (Å²) < 4.78 is 0. The van der Waals surface area contributed by atoms with Crippen LogP contribution in [0.5, 0.6) is 0 Å². The lowest BCUT2D eigenvalue weighted by atomic mass is 10.0. The van der Waals surface area contributed by atoms with E-state index in [9.17, 15) is 4.79 Å². The molecule has 0 saturated heterocycles. The maximum Gasteiger partial charge on any atom is 0.255 e. The minimum Gasteiger partial charge on any atom is -0.322 e. The summed E-state index contributed by atoms with van der Waals surface area (Å²) in [4.78, 5) is 17.0. The van der Waals surface area contributed by atoms with Gasteiger partial charge in [-0.2, -0.15) is 0 Å². The lowest BCUT2D eigenvalue weighted by Gasteiger charge is -2.07. The predicted octanol–water partition coefficient (Wildman–Crippen LogP) is 6.04. The molecule has 0 aliphatic heterocycles. The lowest BCUT2D eigenvalue weighted by molar-refractivity contribution is 0.102. The van der Waals surface area contributed by atoms with Crippen molar-refractivity contribution in [2.45, 2.75) is 6.92 Å². The number of amides is 1. The SMILES string of the molecule is Cc1nc(-c2ccc(NC(=O)c3ccc(-c4ccccc4)cc3)cc2)cs1. The van der Waals surface area contributed by atoms with Crippen molar-refractivity contribution in [1.82, 2.24) is 4.98 Å². The van der Waals surface area contributed by atoms with Gasteiger partial charge in [0.25, 0.3) is 5.91 Å². The second-order valence-corrected chi connectivity index (χ2v) is 7.29. The van der Waals surface area contributed by atoms with Crippen LogP contribution >= 0.6 is 11.3 Å². The fraction of sp³-hybridized carbons (Fsp3) is 0.0435. The normalized spacial score (nSPS) is 10.6. The van der Waals surface area contributed by atoms with Crippen molar-refractivity contribution in [3.63, 3.8) is 0 Å². The molecule has 0 aliphatic carbocycles. The summed E-state index contributed by atoms with van der Waals surface area (Å²) in [5.41, 5.74) is 5.64. The topological polar surface area (TPSA) is 42.0 Å². The van der Waals surface area contributed by atoms with Crippen molar-refractivity contribution in [3.8, 4) is 22.4 Å². The molecule has 4 aromatic rings. The molecule has 0 spiro atoms. The van der Waals surface area contributed by atoms with Crippen LogP contribution in [-0.2, 0) is 0 Å². The van der Waals surface area contributed by atoms with E-state index in [0.717, 1.165) is 33.1 Å². The Bertz CT molecular complexity index is 1050. The summed E-state index contributed by atoms with van der Waals surface area (Å²) in [6, 6.07) is 25.5. The molecule has 3 aromatic carbocycles. The van der Waals surface area contributed by atoms with E-state index in [1.807, 2.05) is 79.0 Å². The Kier molecular flexibility index (Phi) is 4.81. The van der Waals surface area contributed by atoms with E-state index in [4.69, 9.17) is 0 Å². The van der Waals surface area contributed by atoms with E-state index in [-0.39, 0.29) is 5.91 Å². The number of nitrogens with zero attached hydrogens (tertiary/aromatic N) is 1. The van der Waals surface area contributed by atoms with Crippen LogP contribution in [0.15, 0.2) is 84.2 Å². The van der Waals surface area contributed by atoms with Gasteiger partial charge in [0.15, 0.2) is 0 Å². The largest absolute Gasteiger partial charge is 0.322 e. The van der Waals surface area contributed by atoms with Crippen molar-refractivity contribution in [2.75, 3.05) is 5.32 Å². The minimum atomic E-state index is -0.119. The average Bonchev–Trinajstić information content (AvgIpc) is 3.16. The number of anilines is 1. The van der Waals surface area contributed by atoms with Gasteiger partial charge in [0, 0.05) is 22.2 Å². The van der Waals surface area contributed by atoms with Crippen molar-refractivity contribution in [2.24, 2.45) is 0 Å². The van der Waals surface area contributed by atoms with Gasteiger partial charge in [-0.1, -0.05) is 54.6 Å². The van der Waals surface area contributed by atoms with Crippen molar-refractivity contribution in [1.29, 1.82) is 0 Å². The zero-order chi connectivity index (χ0) is 18.6. The van der Waals surface area contributed by atoms with E-state index in [1.165, 1.54) is 0 Å². The zero-order valence-electron chi connectivity index (χ0n) is 14.8. The molecule has 1 aromatic heterocycles. The molecule has 0 atom stereocenters. The number of rotatable bonds is 4. The third kappa shape index (κ3) is 3.96. The fourth-order valence-electron chi connectivity index (χ4n) is 2.87. The molecular weight excluding hydrogens is 352 g/mol. The first-order valence-electron chi connectivity index (χ1n) is 8.68. The first kappa shape index (κ1) is 17.2. The molecule has 27 heavy (non-hydrogen) atoms. The maximum atomic E-state index is 12.5.